The van der Waals surface area contributed by atoms with Gasteiger partial charge in [0.05, 0.1) is 11.9 Å². The van der Waals surface area contributed by atoms with E-state index < -0.39 is 0 Å². The standard InChI is InChI=1S/C14H18N4O2/c1-3-11-7-13(20-16-11)14(19)18-6-4-5-12-10(9-18)8-15-17(12)2/h7-8H,3-6,9H2,1-2H3. The first-order valence-corrected chi connectivity index (χ1v) is 6.93. The Balaban J connectivity index is 1.82. The van der Waals surface area contributed by atoms with Crippen molar-refractivity contribution in [3.05, 3.63) is 35.0 Å². The van der Waals surface area contributed by atoms with E-state index in [4.69, 9.17) is 4.52 Å². The van der Waals surface area contributed by atoms with Gasteiger partial charge < -0.3 is 9.42 Å². The summed E-state index contributed by atoms with van der Waals surface area (Å²) in [7, 11) is 1.94. The minimum Gasteiger partial charge on any atom is -0.351 e. The van der Waals surface area contributed by atoms with Crippen molar-refractivity contribution in [2.45, 2.75) is 32.7 Å². The van der Waals surface area contributed by atoms with Crippen LogP contribution in [0.2, 0.25) is 0 Å². The van der Waals surface area contributed by atoms with E-state index in [-0.39, 0.29) is 5.91 Å². The van der Waals surface area contributed by atoms with Gasteiger partial charge in [-0.05, 0) is 19.3 Å². The third-order valence-corrected chi connectivity index (χ3v) is 3.77. The predicted molar refractivity (Wildman–Crippen MR) is 72.2 cm³/mol. The van der Waals surface area contributed by atoms with Gasteiger partial charge in [-0.1, -0.05) is 12.1 Å². The van der Waals surface area contributed by atoms with Gasteiger partial charge in [0, 0.05) is 37.5 Å². The Morgan fingerprint density at radius 2 is 2.35 bits per heavy atom. The molecule has 1 aliphatic heterocycles. The van der Waals surface area contributed by atoms with Crippen LogP contribution < -0.4 is 0 Å². The molecule has 106 valence electrons. The van der Waals surface area contributed by atoms with E-state index in [2.05, 4.69) is 10.3 Å². The maximum atomic E-state index is 12.5. The SMILES string of the molecule is CCc1cc(C(=O)N2CCCc3c(cnn3C)C2)on1. The van der Waals surface area contributed by atoms with Gasteiger partial charge in [0.25, 0.3) is 5.91 Å². The highest BCUT2D eigenvalue weighted by molar-refractivity contribution is 5.91. The van der Waals surface area contributed by atoms with E-state index in [9.17, 15) is 4.79 Å². The number of rotatable bonds is 2. The van der Waals surface area contributed by atoms with Gasteiger partial charge in [0.1, 0.15) is 0 Å². The molecule has 0 saturated heterocycles. The van der Waals surface area contributed by atoms with E-state index in [1.54, 1.807) is 6.07 Å². The first kappa shape index (κ1) is 12.9. The summed E-state index contributed by atoms with van der Waals surface area (Å²) < 4.78 is 7.04. The number of nitrogens with zero attached hydrogens (tertiary/aromatic N) is 4. The van der Waals surface area contributed by atoms with Crippen molar-refractivity contribution in [1.82, 2.24) is 19.8 Å². The Morgan fingerprint density at radius 1 is 1.50 bits per heavy atom. The molecular weight excluding hydrogens is 256 g/mol. The van der Waals surface area contributed by atoms with Crippen LogP contribution in [0.25, 0.3) is 0 Å². The molecule has 0 radical (unpaired) electrons. The van der Waals surface area contributed by atoms with Gasteiger partial charge in [0.2, 0.25) is 5.76 Å². The molecule has 2 aromatic rings. The molecule has 1 aliphatic rings. The number of carbonyl (C=O) groups is 1. The number of carbonyl (C=O) groups excluding carboxylic acids is 1. The summed E-state index contributed by atoms with van der Waals surface area (Å²) in [5.74, 6) is 0.239. The third-order valence-electron chi connectivity index (χ3n) is 3.77. The van der Waals surface area contributed by atoms with Crippen LogP contribution in [-0.4, -0.2) is 32.3 Å². The molecule has 6 heteroatoms. The van der Waals surface area contributed by atoms with Crippen molar-refractivity contribution in [2.24, 2.45) is 7.05 Å². The number of fused-ring (bicyclic) bond motifs is 1. The lowest BCUT2D eigenvalue weighted by Crippen LogP contribution is -2.30. The van der Waals surface area contributed by atoms with Gasteiger partial charge in [0.15, 0.2) is 0 Å². The van der Waals surface area contributed by atoms with Crippen molar-refractivity contribution in [2.75, 3.05) is 6.54 Å². The van der Waals surface area contributed by atoms with Gasteiger partial charge in [-0.25, -0.2) is 0 Å². The quantitative estimate of drug-likeness (QED) is 0.833. The molecule has 3 rings (SSSR count). The molecule has 0 bridgehead atoms. The molecule has 0 unspecified atom stereocenters. The zero-order valence-electron chi connectivity index (χ0n) is 11.8. The second kappa shape index (κ2) is 5.11. The Kier molecular flexibility index (Phi) is 3.30. The molecule has 0 fully saturated rings. The molecule has 0 spiro atoms. The maximum Gasteiger partial charge on any atom is 0.292 e. The minimum atomic E-state index is -0.0890. The fourth-order valence-electron chi connectivity index (χ4n) is 2.59. The molecule has 0 aliphatic carbocycles. The highest BCUT2D eigenvalue weighted by Gasteiger charge is 2.24. The Hall–Kier alpha value is -2.11. The topological polar surface area (TPSA) is 64.2 Å². The van der Waals surface area contributed by atoms with Crippen molar-refractivity contribution < 1.29 is 9.32 Å². The molecular formula is C14H18N4O2. The average Bonchev–Trinajstić information content (AvgIpc) is 3.00. The van der Waals surface area contributed by atoms with Crippen LogP contribution in [0, 0.1) is 0 Å². The summed E-state index contributed by atoms with van der Waals surface area (Å²) in [4.78, 5) is 14.3. The van der Waals surface area contributed by atoms with Crippen LogP contribution in [0.1, 0.15) is 40.9 Å². The highest BCUT2D eigenvalue weighted by Crippen LogP contribution is 2.20. The zero-order chi connectivity index (χ0) is 14.1. The van der Waals surface area contributed by atoms with Crippen molar-refractivity contribution >= 4 is 5.91 Å². The van der Waals surface area contributed by atoms with Gasteiger partial charge in [-0.15, -0.1) is 0 Å². The first-order valence-electron chi connectivity index (χ1n) is 6.93. The zero-order valence-corrected chi connectivity index (χ0v) is 11.8. The molecule has 6 nitrogen and oxygen atoms in total. The average molecular weight is 274 g/mol. The number of hydrogen-bond donors (Lipinski definition) is 0. The third kappa shape index (κ3) is 2.21. The maximum absolute atomic E-state index is 12.5. The lowest BCUT2D eigenvalue weighted by Gasteiger charge is -2.18. The van der Waals surface area contributed by atoms with Crippen LogP contribution in [0.3, 0.4) is 0 Å². The Bertz CT molecular complexity index is 629. The Labute approximate surface area is 117 Å². The van der Waals surface area contributed by atoms with Gasteiger partial charge in [-0.2, -0.15) is 5.10 Å². The second-order valence-electron chi connectivity index (χ2n) is 5.11. The molecule has 20 heavy (non-hydrogen) atoms. The largest absolute Gasteiger partial charge is 0.351 e. The molecule has 0 N–H and O–H groups in total. The summed E-state index contributed by atoms with van der Waals surface area (Å²) in [5, 5.41) is 8.15. The summed E-state index contributed by atoms with van der Waals surface area (Å²) in [6, 6.07) is 1.73. The number of aromatic nitrogens is 3. The van der Waals surface area contributed by atoms with E-state index in [0.29, 0.717) is 12.3 Å². The highest BCUT2D eigenvalue weighted by atomic mass is 16.5. The molecule has 0 aromatic carbocycles. The van der Waals surface area contributed by atoms with Gasteiger partial charge >= 0.3 is 0 Å². The van der Waals surface area contributed by atoms with E-state index >= 15 is 0 Å². The lowest BCUT2D eigenvalue weighted by molar-refractivity contribution is 0.0703. The Morgan fingerprint density at radius 3 is 3.10 bits per heavy atom. The van der Waals surface area contributed by atoms with Crippen LogP contribution in [0.15, 0.2) is 16.8 Å². The molecule has 1 amide bonds. The lowest BCUT2D eigenvalue weighted by atomic mass is 10.2. The van der Waals surface area contributed by atoms with E-state index in [0.717, 1.165) is 37.1 Å². The van der Waals surface area contributed by atoms with Gasteiger partial charge in [-0.3, -0.25) is 9.48 Å². The minimum absolute atomic E-state index is 0.0890. The fraction of sp³-hybridized carbons (Fsp3) is 0.500. The summed E-state index contributed by atoms with van der Waals surface area (Å²) >= 11 is 0. The normalized spacial score (nSPS) is 15.0. The fourth-order valence-corrected chi connectivity index (χ4v) is 2.59. The first-order chi connectivity index (χ1) is 9.69. The van der Waals surface area contributed by atoms with E-state index in [1.165, 1.54) is 5.69 Å². The van der Waals surface area contributed by atoms with Crippen LogP contribution in [0.4, 0.5) is 0 Å². The molecule has 3 heterocycles. The molecule has 0 atom stereocenters. The van der Waals surface area contributed by atoms with Crippen molar-refractivity contribution in [3.8, 4) is 0 Å². The van der Waals surface area contributed by atoms with Crippen molar-refractivity contribution in [1.29, 1.82) is 0 Å². The summed E-state index contributed by atoms with van der Waals surface area (Å²) in [6.07, 6.45) is 4.50. The number of hydrogen-bond acceptors (Lipinski definition) is 4. The number of amides is 1. The van der Waals surface area contributed by atoms with Crippen molar-refractivity contribution in [3.63, 3.8) is 0 Å². The summed E-state index contributed by atoms with van der Waals surface area (Å²) in [5.41, 5.74) is 3.14. The van der Waals surface area contributed by atoms with Crippen LogP contribution in [0.5, 0.6) is 0 Å². The second-order valence-corrected chi connectivity index (χ2v) is 5.11. The molecule has 2 aromatic heterocycles. The number of aryl methyl sites for hydroxylation is 2. The monoisotopic (exact) mass is 274 g/mol. The summed E-state index contributed by atoms with van der Waals surface area (Å²) in [6.45, 7) is 3.31. The van der Waals surface area contributed by atoms with Crippen LogP contribution >= 0.6 is 0 Å². The van der Waals surface area contributed by atoms with E-state index in [1.807, 2.05) is 29.7 Å². The van der Waals surface area contributed by atoms with Crippen LogP contribution in [-0.2, 0) is 26.4 Å². The smallest absolute Gasteiger partial charge is 0.292 e. The molecule has 0 saturated carbocycles. The predicted octanol–water partition coefficient (Wildman–Crippen LogP) is 1.56.